The molecule has 0 bridgehead atoms. The maximum Gasteiger partial charge on any atom is 0.275 e. The third kappa shape index (κ3) is 7.70. The predicted molar refractivity (Wildman–Crippen MR) is 166 cm³/mol. The Labute approximate surface area is 253 Å². The van der Waals surface area contributed by atoms with E-state index in [1.165, 1.54) is 11.8 Å². The van der Waals surface area contributed by atoms with Gasteiger partial charge in [0.25, 0.3) is 5.91 Å². The first-order valence-corrected chi connectivity index (χ1v) is 15.3. The van der Waals surface area contributed by atoms with Crippen molar-refractivity contribution in [2.75, 3.05) is 37.7 Å². The number of benzene rings is 3. The highest BCUT2D eigenvalue weighted by Gasteiger charge is 2.40. The SMILES string of the molecule is O=C(Cc1cccc2ccccc12)NCCNC(=O)C1(NC(=O)CSCC2=NNC(=O)c3ccccc3O2)CCNCC1. The topological polar surface area (TPSA) is 150 Å². The molecule has 12 heteroatoms. The molecule has 2 aliphatic rings. The summed E-state index contributed by atoms with van der Waals surface area (Å²) in [5.74, 6) is -0.0550. The van der Waals surface area contributed by atoms with Gasteiger partial charge in [-0.05, 0) is 54.4 Å². The van der Waals surface area contributed by atoms with Crippen LogP contribution in [0.1, 0.15) is 28.8 Å². The fourth-order valence-electron chi connectivity index (χ4n) is 5.15. The molecule has 0 unspecified atom stereocenters. The highest BCUT2D eigenvalue weighted by molar-refractivity contribution is 8.00. The highest BCUT2D eigenvalue weighted by atomic mass is 32.2. The molecule has 0 aliphatic carbocycles. The Morgan fingerprint density at radius 2 is 1.65 bits per heavy atom. The number of para-hydroxylation sites is 1. The van der Waals surface area contributed by atoms with Crippen LogP contribution in [0.25, 0.3) is 10.8 Å². The monoisotopic (exact) mass is 602 g/mol. The van der Waals surface area contributed by atoms with E-state index < -0.39 is 5.54 Å². The lowest BCUT2D eigenvalue weighted by Gasteiger charge is -2.37. The largest absolute Gasteiger partial charge is 0.440 e. The summed E-state index contributed by atoms with van der Waals surface area (Å²) in [4.78, 5) is 51.0. The van der Waals surface area contributed by atoms with Gasteiger partial charge in [-0.3, -0.25) is 19.2 Å². The van der Waals surface area contributed by atoms with Crippen molar-refractivity contribution in [1.82, 2.24) is 26.7 Å². The van der Waals surface area contributed by atoms with E-state index in [1.54, 1.807) is 24.3 Å². The van der Waals surface area contributed by atoms with E-state index in [1.807, 2.05) is 42.5 Å². The third-order valence-electron chi connectivity index (χ3n) is 7.33. The van der Waals surface area contributed by atoms with Gasteiger partial charge >= 0.3 is 0 Å². The number of rotatable bonds is 11. The molecule has 1 saturated heterocycles. The minimum absolute atomic E-state index is 0.0741. The average Bonchev–Trinajstić information content (AvgIpc) is 3.18. The lowest BCUT2D eigenvalue weighted by atomic mass is 9.87. The van der Waals surface area contributed by atoms with Crippen molar-refractivity contribution in [2.24, 2.45) is 5.10 Å². The summed E-state index contributed by atoms with van der Waals surface area (Å²) >= 11 is 1.26. The van der Waals surface area contributed by atoms with Gasteiger partial charge in [-0.1, -0.05) is 54.6 Å². The van der Waals surface area contributed by atoms with Crippen molar-refractivity contribution in [3.8, 4) is 5.75 Å². The van der Waals surface area contributed by atoms with Crippen molar-refractivity contribution in [3.05, 3.63) is 77.9 Å². The standard InChI is InChI=1S/C31H34N6O5S/c38-26(18-22-8-5-7-21-6-1-2-9-23(21)22)33-16-17-34-30(41)31(12-14-32-15-13-31)35-27(39)19-43-20-28-36-37-29(40)24-10-3-4-11-25(24)42-28/h1-11,32H,12-20H2,(H,33,38)(H,34,41)(H,35,39)(H,37,40). The maximum atomic E-state index is 13.3. The van der Waals surface area contributed by atoms with E-state index >= 15 is 0 Å². The quantitative estimate of drug-likeness (QED) is 0.210. The number of hydrazone groups is 1. The van der Waals surface area contributed by atoms with Crippen molar-refractivity contribution in [2.45, 2.75) is 24.8 Å². The van der Waals surface area contributed by atoms with Gasteiger partial charge in [-0.15, -0.1) is 16.9 Å². The Hall–Kier alpha value is -4.42. The van der Waals surface area contributed by atoms with Gasteiger partial charge < -0.3 is 26.0 Å². The van der Waals surface area contributed by atoms with E-state index in [4.69, 9.17) is 4.74 Å². The van der Waals surface area contributed by atoms with Gasteiger partial charge in [-0.25, -0.2) is 5.43 Å². The van der Waals surface area contributed by atoms with Crippen molar-refractivity contribution >= 4 is 52.1 Å². The Morgan fingerprint density at radius 3 is 2.51 bits per heavy atom. The fourth-order valence-corrected chi connectivity index (χ4v) is 5.81. The number of fused-ring (bicyclic) bond motifs is 2. The Morgan fingerprint density at radius 1 is 0.907 bits per heavy atom. The van der Waals surface area contributed by atoms with E-state index in [9.17, 15) is 19.2 Å². The van der Waals surface area contributed by atoms with Crippen LogP contribution in [0.15, 0.2) is 71.8 Å². The van der Waals surface area contributed by atoms with Crippen LogP contribution in [0.4, 0.5) is 0 Å². The lowest BCUT2D eigenvalue weighted by molar-refractivity contribution is -0.133. The molecular formula is C31H34N6O5S. The first kappa shape index (κ1) is 30.1. The molecule has 224 valence electrons. The first-order valence-electron chi connectivity index (χ1n) is 14.2. The molecule has 1 fully saturated rings. The van der Waals surface area contributed by atoms with E-state index in [-0.39, 0.29) is 60.5 Å². The molecule has 5 rings (SSSR count). The molecule has 0 aromatic heterocycles. The molecule has 5 N–H and O–H groups in total. The second kappa shape index (κ2) is 14.2. The zero-order valence-electron chi connectivity index (χ0n) is 23.6. The molecule has 0 saturated carbocycles. The molecule has 3 aromatic carbocycles. The number of carbonyl (C=O) groups excluding carboxylic acids is 4. The summed E-state index contributed by atoms with van der Waals surface area (Å²) in [5, 5.41) is 18.1. The van der Waals surface area contributed by atoms with Crippen molar-refractivity contribution < 1.29 is 23.9 Å². The van der Waals surface area contributed by atoms with E-state index in [0.717, 1.165) is 16.3 Å². The summed E-state index contributed by atoms with van der Waals surface area (Å²) in [5.41, 5.74) is 2.73. The third-order valence-corrected chi connectivity index (χ3v) is 8.25. The summed E-state index contributed by atoms with van der Waals surface area (Å²) in [7, 11) is 0. The van der Waals surface area contributed by atoms with Crippen LogP contribution in [0.5, 0.6) is 5.75 Å². The van der Waals surface area contributed by atoms with Gasteiger partial charge in [0.05, 0.1) is 23.5 Å². The number of amides is 4. The minimum Gasteiger partial charge on any atom is -0.440 e. The molecule has 2 heterocycles. The Balaban J connectivity index is 1.08. The zero-order valence-corrected chi connectivity index (χ0v) is 24.4. The smallest absolute Gasteiger partial charge is 0.275 e. The number of hydrogen-bond donors (Lipinski definition) is 5. The van der Waals surface area contributed by atoms with Crippen LogP contribution in [0.3, 0.4) is 0 Å². The molecular weight excluding hydrogens is 568 g/mol. The molecule has 0 atom stereocenters. The number of nitrogens with one attached hydrogen (secondary N) is 5. The summed E-state index contributed by atoms with van der Waals surface area (Å²) in [6.45, 7) is 1.69. The summed E-state index contributed by atoms with van der Waals surface area (Å²) in [6.07, 6.45) is 1.14. The first-order chi connectivity index (χ1) is 20.9. The molecule has 11 nitrogen and oxygen atoms in total. The van der Waals surface area contributed by atoms with Crippen LogP contribution in [0.2, 0.25) is 0 Å². The van der Waals surface area contributed by atoms with Gasteiger partial charge in [0.1, 0.15) is 11.3 Å². The van der Waals surface area contributed by atoms with Crippen molar-refractivity contribution in [1.29, 1.82) is 0 Å². The maximum absolute atomic E-state index is 13.3. The lowest BCUT2D eigenvalue weighted by Crippen LogP contribution is -2.63. The molecule has 0 spiro atoms. The molecule has 43 heavy (non-hydrogen) atoms. The highest BCUT2D eigenvalue weighted by Crippen LogP contribution is 2.22. The number of ether oxygens (including phenoxy) is 1. The minimum atomic E-state index is -1.04. The Kier molecular flexibility index (Phi) is 9.90. The van der Waals surface area contributed by atoms with Gasteiger partial charge in [0, 0.05) is 13.1 Å². The molecule has 2 aliphatic heterocycles. The van der Waals surface area contributed by atoms with Crippen LogP contribution in [0, 0.1) is 0 Å². The molecule has 4 amide bonds. The van der Waals surface area contributed by atoms with Crippen LogP contribution in [-0.2, 0) is 20.8 Å². The van der Waals surface area contributed by atoms with Gasteiger partial charge in [-0.2, -0.15) is 0 Å². The number of carbonyl (C=O) groups is 4. The average molecular weight is 603 g/mol. The predicted octanol–water partition coefficient (Wildman–Crippen LogP) is 1.72. The van der Waals surface area contributed by atoms with Gasteiger partial charge in [0.15, 0.2) is 0 Å². The molecule has 0 radical (unpaired) electrons. The second-order valence-corrected chi connectivity index (χ2v) is 11.3. The van der Waals surface area contributed by atoms with Gasteiger partial charge in [0.2, 0.25) is 23.6 Å². The molecule has 3 aromatic rings. The number of hydrogen-bond acceptors (Lipinski definition) is 8. The van der Waals surface area contributed by atoms with Crippen LogP contribution >= 0.6 is 11.8 Å². The van der Waals surface area contributed by atoms with Crippen molar-refractivity contribution in [3.63, 3.8) is 0 Å². The number of thioether (sulfide) groups is 1. The second-order valence-electron chi connectivity index (χ2n) is 10.3. The van der Waals surface area contributed by atoms with Crippen LogP contribution in [-0.4, -0.2) is 72.8 Å². The summed E-state index contributed by atoms with van der Waals surface area (Å²) < 4.78 is 5.75. The summed E-state index contributed by atoms with van der Waals surface area (Å²) in [6, 6.07) is 20.7. The van der Waals surface area contributed by atoms with E-state index in [2.05, 4.69) is 31.8 Å². The zero-order chi connectivity index (χ0) is 30.1. The van der Waals surface area contributed by atoms with E-state index in [0.29, 0.717) is 37.2 Å². The number of piperidine rings is 1. The van der Waals surface area contributed by atoms with Crippen LogP contribution < -0.4 is 31.4 Å². The fraction of sp³-hybridized carbons (Fsp3) is 0.323. The Bertz CT molecular complexity index is 1530. The normalized spacial score (nSPS) is 15.6. The number of nitrogens with zero attached hydrogens (tertiary/aromatic N) is 1.